The van der Waals surface area contributed by atoms with Crippen LogP contribution in [0.1, 0.15) is 34.6 Å². The van der Waals surface area contributed by atoms with Gasteiger partial charge in [0.25, 0.3) is 5.91 Å². The number of amides is 2. The minimum Gasteiger partial charge on any atom is -0.467 e. The maximum atomic E-state index is 12.4. The molecule has 0 aliphatic rings. The van der Waals surface area contributed by atoms with E-state index in [0.717, 1.165) is 5.56 Å². The van der Waals surface area contributed by atoms with E-state index in [1.807, 2.05) is 19.1 Å². The smallest absolute Gasteiger partial charge is 0.279 e. The van der Waals surface area contributed by atoms with Gasteiger partial charge in [-0.2, -0.15) is 4.99 Å². The molecule has 0 fully saturated rings. The van der Waals surface area contributed by atoms with Gasteiger partial charge in [-0.1, -0.05) is 17.7 Å². The van der Waals surface area contributed by atoms with E-state index in [2.05, 4.69) is 10.3 Å². The van der Waals surface area contributed by atoms with Crippen LogP contribution in [0.5, 0.6) is 0 Å². The number of aromatic nitrogens is 1. The maximum Gasteiger partial charge on any atom is 0.279 e. The van der Waals surface area contributed by atoms with E-state index in [4.69, 9.17) is 4.42 Å². The average molecular weight is 369 g/mol. The van der Waals surface area contributed by atoms with Crippen LogP contribution in [0.25, 0.3) is 0 Å². The van der Waals surface area contributed by atoms with Gasteiger partial charge in [0, 0.05) is 17.1 Å². The van der Waals surface area contributed by atoms with Gasteiger partial charge >= 0.3 is 0 Å². The highest BCUT2D eigenvalue weighted by Crippen LogP contribution is 2.08. The lowest BCUT2D eigenvalue weighted by atomic mass is 10.1. The Kier molecular flexibility index (Phi) is 5.48. The summed E-state index contributed by atoms with van der Waals surface area (Å²) >= 11 is 1.31. The van der Waals surface area contributed by atoms with E-state index >= 15 is 0 Å². The number of furan rings is 1. The summed E-state index contributed by atoms with van der Waals surface area (Å²) in [5.41, 5.74) is 1.60. The molecule has 0 saturated heterocycles. The Morgan fingerprint density at radius 2 is 2.04 bits per heavy atom. The first-order chi connectivity index (χ1) is 12.5. The van der Waals surface area contributed by atoms with Crippen molar-refractivity contribution in [2.45, 2.75) is 26.4 Å². The van der Waals surface area contributed by atoms with E-state index < -0.39 is 6.04 Å². The van der Waals surface area contributed by atoms with Crippen molar-refractivity contribution in [3.8, 4) is 0 Å². The number of carbonyl (C=O) groups excluding carboxylic acids is 2. The lowest BCUT2D eigenvalue weighted by Gasteiger charge is -2.13. The van der Waals surface area contributed by atoms with Crippen molar-refractivity contribution in [1.29, 1.82) is 0 Å². The Balaban J connectivity index is 1.75. The number of carbonyl (C=O) groups is 2. The van der Waals surface area contributed by atoms with E-state index in [1.165, 1.54) is 11.3 Å². The Bertz CT molecular complexity index is 953. The van der Waals surface area contributed by atoms with Gasteiger partial charge in [0.1, 0.15) is 11.8 Å². The third-order valence-corrected chi connectivity index (χ3v) is 4.70. The predicted octanol–water partition coefficient (Wildman–Crippen LogP) is 3.07. The summed E-state index contributed by atoms with van der Waals surface area (Å²) in [5.74, 6) is 0.175. The highest BCUT2D eigenvalue weighted by Gasteiger charge is 2.16. The molecule has 3 rings (SSSR count). The van der Waals surface area contributed by atoms with Gasteiger partial charge in [-0.25, -0.2) is 0 Å². The Hall–Kier alpha value is -2.93. The van der Waals surface area contributed by atoms with Crippen molar-refractivity contribution in [3.05, 3.63) is 75.9 Å². The highest BCUT2D eigenvalue weighted by atomic mass is 32.1. The molecular formula is C19H19N3O3S. The molecule has 1 atom stereocenters. The zero-order valence-electron chi connectivity index (χ0n) is 14.5. The van der Waals surface area contributed by atoms with Crippen molar-refractivity contribution < 1.29 is 14.0 Å². The quantitative estimate of drug-likeness (QED) is 0.751. The minimum atomic E-state index is -0.499. The lowest BCUT2D eigenvalue weighted by Crippen LogP contribution is -2.34. The van der Waals surface area contributed by atoms with Crippen LogP contribution in [-0.4, -0.2) is 16.4 Å². The van der Waals surface area contributed by atoms with Gasteiger partial charge in [-0.05, 0) is 38.1 Å². The van der Waals surface area contributed by atoms with Crippen LogP contribution >= 0.6 is 11.3 Å². The molecular weight excluding hydrogens is 350 g/mol. The molecule has 26 heavy (non-hydrogen) atoms. The number of hydrogen-bond acceptors (Lipinski definition) is 4. The molecule has 134 valence electrons. The van der Waals surface area contributed by atoms with Gasteiger partial charge < -0.3 is 14.3 Å². The Morgan fingerprint density at radius 3 is 2.73 bits per heavy atom. The van der Waals surface area contributed by atoms with Crippen LogP contribution in [0, 0.1) is 6.92 Å². The van der Waals surface area contributed by atoms with Gasteiger partial charge in [0.15, 0.2) is 4.80 Å². The first-order valence-electron chi connectivity index (χ1n) is 8.16. The Morgan fingerprint density at radius 1 is 1.27 bits per heavy atom. The molecule has 0 radical (unpaired) electrons. The highest BCUT2D eigenvalue weighted by molar-refractivity contribution is 7.07. The fourth-order valence-electron chi connectivity index (χ4n) is 2.37. The molecule has 0 aliphatic heterocycles. The first kappa shape index (κ1) is 17.9. The second-order valence-electron chi connectivity index (χ2n) is 5.85. The topological polar surface area (TPSA) is 76.6 Å². The molecule has 2 amide bonds. The third-order valence-electron chi connectivity index (χ3n) is 3.93. The number of benzene rings is 1. The van der Waals surface area contributed by atoms with Crippen LogP contribution in [0.3, 0.4) is 0 Å². The summed E-state index contributed by atoms with van der Waals surface area (Å²) < 4.78 is 6.89. The number of nitrogens with zero attached hydrogens (tertiary/aromatic N) is 2. The summed E-state index contributed by atoms with van der Waals surface area (Å²) in [6, 6.07) is 10.3. The lowest BCUT2D eigenvalue weighted by molar-refractivity contribution is -0.124. The van der Waals surface area contributed by atoms with Crippen molar-refractivity contribution >= 4 is 23.2 Å². The second kappa shape index (κ2) is 7.97. The van der Waals surface area contributed by atoms with Gasteiger partial charge in [0.05, 0.1) is 12.8 Å². The summed E-state index contributed by atoms with van der Waals surface area (Å²) in [4.78, 5) is 29.4. The molecule has 0 saturated carbocycles. The summed E-state index contributed by atoms with van der Waals surface area (Å²) in [6.07, 6.45) is 3.31. The van der Waals surface area contributed by atoms with Gasteiger partial charge in [-0.3, -0.25) is 9.59 Å². The van der Waals surface area contributed by atoms with Crippen LogP contribution in [0.4, 0.5) is 0 Å². The fraction of sp³-hybridized carbons (Fsp3) is 0.211. The molecule has 2 aromatic heterocycles. The molecule has 3 aromatic rings. The second-order valence-corrected chi connectivity index (χ2v) is 6.72. The van der Waals surface area contributed by atoms with Crippen LogP contribution in [-0.2, 0) is 11.3 Å². The number of nitrogens with one attached hydrogen (secondary N) is 1. The van der Waals surface area contributed by atoms with Gasteiger partial charge in [-0.15, -0.1) is 11.3 Å². The third kappa shape index (κ3) is 4.18. The van der Waals surface area contributed by atoms with E-state index in [-0.39, 0.29) is 11.8 Å². The predicted molar refractivity (Wildman–Crippen MR) is 98.6 cm³/mol. The molecule has 1 aromatic carbocycles. The summed E-state index contributed by atoms with van der Waals surface area (Å²) in [7, 11) is 0. The Labute approximate surface area is 154 Å². The SMILES string of the molecule is Cc1ccc(C(=O)N=c2sccn2[C@H](C)C(=O)NCc2ccco2)cc1. The van der Waals surface area contributed by atoms with Crippen LogP contribution in [0.15, 0.2) is 63.6 Å². The number of thiazole rings is 1. The minimum absolute atomic E-state index is 0.177. The molecule has 6 nitrogen and oxygen atoms in total. The van der Waals surface area contributed by atoms with Crippen LogP contribution in [0.2, 0.25) is 0 Å². The van der Waals surface area contributed by atoms with Crippen molar-refractivity contribution in [2.75, 3.05) is 0 Å². The first-order valence-corrected chi connectivity index (χ1v) is 9.04. The average Bonchev–Trinajstić information content (AvgIpc) is 3.31. The monoisotopic (exact) mass is 369 g/mol. The number of hydrogen-bond donors (Lipinski definition) is 1. The standard InChI is InChI=1S/C19H19N3O3S/c1-13-5-7-15(8-6-13)18(24)21-19-22(9-11-26-19)14(2)17(23)20-12-16-4-3-10-25-16/h3-11,14H,12H2,1-2H3,(H,20,23)/t14-/m1/s1. The zero-order valence-corrected chi connectivity index (χ0v) is 15.3. The number of rotatable bonds is 5. The van der Waals surface area contributed by atoms with Crippen molar-refractivity contribution in [2.24, 2.45) is 4.99 Å². The van der Waals surface area contributed by atoms with E-state index in [1.54, 1.807) is 53.6 Å². The molecule has 2 heterocycles. The van der Waals surface area contributed by atoms with Crippen molar-refractivity contribution in [3.63, 3.8) is 0 Å². The molecule has 0 bridgehead atoms. The zero-order chi connectivity index (χ0) is 18.5. The molecule has 0 unspecified atom stereocenters. The van der Waals surface area contributed by atoms with Crippen molar-refractivity contribution in [1.82, 2.24) is 9.88 Å². The van der Waals surface area contributed by atoms with E-state index in [9.17, 15) is 9.59 Å². The molecule has 0 aliphatic carbocycles. The van der Waals surface area contributed by atoms with Crippen LogP contribution < -0.4 is 10.1 Å². The summed E-state index contributed by atoms with van der Waals surface area (Å²) in [5, 5.41) is 4.62. The molecule has 1 N–H and O–H groups in total. The maximum absolute atomic E-state index is 12.4. The number of aryl methyl sites for hydroxylation is 1. The fourth-order valence-corrected chi connectivity index (χ4v) is 3.16. The molecule has 7 heteroatoms. The largest absolute Gasteiger partial charge is 0.467 e. The molecule has 0 spiro atoms. The summed E-state index contributed by atoms with van der Waals surface area (Å²) in [6.45, 7) is 4.04. The normalized spacial score (nSPS) is 12.8. The van der Waals surface area contributed by atoms with E-state index in [0.29, 0.717) is 22.7 Å². The van der Waals surface area contributed by atoms with Gasteiger partial charge in [0.2, 0.25) is 5.91 Å².